The SMILES string of the molecule is Cc1cccc(O[C@H](C)C(=O)NNC(=S)Nc2ccc([N+](=O)[O-])cc2)c1C. The van der Waals surface area contributed by atoms with Crippen LogP contribution in [0.1, 0.15) is 18.1 Å². The summed E-state index contributed by atoms with van der Waals surface area (Å²) in [6.45, 7) is 5.53. The molecule has 1 atom stereocenters. The Hall–Kier alpha value is -3.20. The van der Waals surface area contributed by atoms with Crippen LogP contribution in [0.15, 0.2) is 42.5 Å². The topological polar surface area (TPSA) is 106 Å². The number of hydrazine groups is 1. The average Bonchev–Trinajstić information content (AvgIpc) is 2.63. The molecule has 0 aliphatic carbocycles. The van der Waals surface area contributed by atoms with E-state index in [1.165, 1.54) is 24.3 Å². The summed E-state index contributed by atoms with van der Waals surface area (Å²) in [5, 5.41) is 13.6. The molecule has 0 radical (unpaired) electrons. The van der Waals surface area contributed by atoms with Gasteiger partial charge in [-0.1, -0.05) is 12.1 Å². The summed E-state index contributed by atoms with van der Waals surface area (Å²) in [5.41, 5.74) is 7.60. The Morgan fingerprint density at radius 2 is 1.81 bits per heavy atom. The van der Waals surface area contributed by atoms with Crippen molar-refractivity contribution in [2.75, 3.05) is 5.32 Å². The summed E-state index contributed by atoms with van der Waals surface area (Å²) in [5.74, 6) is 0.244. The van der Waals surface area contributed by atoms with Crippen molar-refractivity contribution in [3.63, 3.8) is 0 Å². The molecule has 0 saturated heterocycles. The lowest BCUT2D eigenvalue weighted by Gasteiger charge is -2.18. The first kappa shape index (κ1) is 20.1. The minimum Gasteiger partial charge on any atom is -0.481 e. The highest BCUT2D eigenvalue weighted by Crippen LogP contribution is 2.21. The molecule has 3 N–H and O–H groups in total. The third kappa shape index (κ3) is 5.65. The van der Waals surface area contributed by atoms with Gasteiger partial charge in [0.1, 0.15) is 5.75 Å². The van der Waals surface area contributed by atoms with E-state index in [-0.39, 0.29) is 10.8 Å². The highest BCUT2D eigenvalue weighted by Gasteiger charge is 2.16. The Balaban J connectivity index is 1.84. The van der Waals surface area contributed by atoms with E-state index in [1.807, 2.05) is 26.0 Å². The van der Waals surface area contributed by atoms with Crippen molar-refractivity contribution < 1.29 is 14.5 Å². The number of carbonyl (C=O) groups is 1. The van der Waals surface area contributed by atoms with E-state index >= 15 is 0 Å². The molecule has 0 bridgehead atoms. The summed E-state index contributed by atoms with van der Waals surface area (Å²) >= 11 is 5.08. The van der Waals surface area contributed by atoms with Gasteiger partial charge in [-0.05, 0) is 62.3 Å². The van der Waals surface area contributed by atoms with Crippen molar-refractivity contribution in [2.45, 2.75) is 26.9 Å². The van der Waals surface area contributed by atoms with Gasteiger partial charge in [-0.2, -0.15) is 0 Å². The van der Waals surface area contributed by atoms with Gasteiger partial charge >= 0.3 is 0 Å². The second-order valence-electron chi connectivity index (χ2n) is 5.83. The largest absolute Gasteiger partial charge is 0.481 e. The number of hydrogen-bond donors (Lipinski definition) is 3. The van der Waals surface area contributed by atoms with Gasteiger partial charge in [0.2, 0.25) is 0 Å². The van der Waals surface area contributed by atoms with Crippen molar-refractivity contribution >= 4 is 34.6 Å². The highest BCUT2D eigenvalue weighted by atomic mass is 32.1. The first-order valence-electron chi connectivity index (χ1n) is 8.12. The van der Waals surface area contributed by atoms with Crippen LogP contribution in [-0.4, -0.2) is 22.0 Å². The zero-order chi connectivity index (χ0) is 20.0. The van der Waals surface area contributed by atoms with Gasteiger partial charge in [0.15, 0.2) is 11.2 Å². The summed E-state index contributed by atoms with van der Waals surface area (Å²) in [7, 11) is 0. The minimum absolute atomic E-state index is 0.0230. The summed E-state index contributed by atoms with van der Waals surface area (Å²) in [6.07, 6.45) is -0.736. The quantitative estimate of drug-likeness (QED) is 0.411. The Morgan fingerprint density at radius 3 is 2.44 bits per heavy atom. The molecule has 2 aromatic rings. The van der Waals surface area contributed by atoms with Crippen LogP contribution in [-0.2, 0) is 4.79 Å². The molecule has 0 fully saturated rings. The van der Waals surface area contributed by atoms with E-state index in [9.17, 15) is 14.9 Å². The fourth-order valence-corrected chi connectivity index (χ4v) is 2.31. The van der Waals surface area contributed by atoms with E-state index in [0.717, 1.165) is 11.1 Å². The van der Waals surface area contributed by atoms with Crippen LogP contribution in [0, 0.1) is 24.0 Å². The van der Waals surface area contributed by atoms with Crippen LogP contribution in [0.5, 0.6) is 5.75 Å². The first-order valence-corrected chi connectivity index (χ1v) is 8.53. The number of nitrogens with zero attached hydrogens (tertiary/aromatic N) is 1. The van der Waals surface area contributed by atoms with Gasteiger partial charge < -0.3 is 10.1 Å². The number of non-ortho nitro benzene ring substituents is 1. The maximum atomic E-state index is 12.2. The van der Waals surface area contributed by atoms with Crippen molar-refractivity contribution in [3.8, 4) is 5.75 Å². The summed E-state index contributed by atoms with van der Waals surface area (Å²) in [6, 6.07) is 11.4. The number of amides is 1. The molecular weight excluding hydrogens is 368 g/mol. The van der Waals surface area contributed by atoms with E-state index in [0.29, 0.717) is 11.4 Å². The van der Waals surface area contributed by atoms with Crippen LogP contribution in [0.3, 0.4) is 0 Å². The third-order valence-corrected chi connectivity index (χ3v) is 4.07. The number of nitro groups is 1. The Bertz CT molecular complexity index is 855. The number of benzene rings is 2. The molecule has 8 nitrogen and oxygen atoms in total. The number of ether oxygens (including phenoxy) is 1. The Labute approximate surface area is 162 Å². The third-order valence-electron chi connectivity index (χ3n) is 3.86. The fraction of sp³-hybridized carbons (Fsp3) is 0.222. The minimum atomic E-state index is -0.736. The van der Waals surface area contributed by atoms with Crippen molar-refractivity contribution in [1.29, 1.82) is 0 Å². The average molecular weight is 388 g/mol. The lowest BCUT2D eigenvalue weighted by atomic mass is 10.1. The lowest BCUT2D eigenvalue weighted by molar-refractivity contribution is -0.384. The molecule has 9 heteroatoms. The summed E-state index contributed by atoms with van der Waals surface area (Å²) in [4.78, 5) is 22.3. The predicted octanol–water partition coefficient (Wildman–Crippen LogP) is 3.00. The maximum absolute atomic E-state index is 12.2. The molecule has 2 aromatic carbocycles. The zero-order valence-corrected chi connectivity index (χ0v) is 15.9. The number of aryl methyl sites for hydroxylation is 1. The van der Waals surface area contributed by atoms with Crippen LogP contribution in [0.25, 0.3) is 0 Å². The molecule has 1 amide bonds. The summed E-state index contributed by atoms with van der Waals surface area (Å²) < 4.78 is 5.69. The maximum Gasteiger partial charge on any atom is 0.279 e. The lowest BCUT2D eigenvalue weighted by Crippen LogP contribution is -2.48. The molecular formula is C18H20N4O4S. The molecule has 0 aliphatic rings. The van der Waals surface area contributed by atoms with Gasteiger partial charge in [0.25, 0.3) is 11.6 Å². The van der Waals surface area contributed by atoms with Crippen LogP contribution in [0.2, 0.25) is 0 Å². The number of nitro benzene ring substituents is 1. The highest BCUT2D eigenvalue weighted by molar-refractivity contribution is 7.80. The number of nitrogens with one attached hydrogen (secondary N) is 3. The smallest absolute Gasteiger partial charge is 0.279 e. The molecule has 0 aliphatic heterocycles. The van der Waals surface area contributed by atoms with Crippen LogP contribution >= 0.6 is 12.2 Å². The molecule has 0 saturated carbocycles. The van der Waals surface area contributed by atoms with Gasteiger partial charge in [0.05, 0.1) is 4.92 Å². The molecule has 27 heavy (non-hydrogen) atoms. The van der Waals surface area contributed by atoms with Crippen LogP contribution in [0.4, 0.5) is 11.4 Å². The number of thiocarbonyl (C=S) groups is 1. The number of hydrogen-bond acceptors (Lipinski definition) is 5. The molecule has 0 heterocycles. The molecule has 142 valence electrons. The van der Waals surface area contributed by atoms with Crippen molar-refractivity contribution in [3.05, 3.63) is 63.7 Å². The first-order chi connectivity index (χ1) is 12.8. The predicted molar refractivity (Wildman–Crippen MR) is 107 cm³/mol. The van der Waals surface area contributed by atoms with E-state index in [4.69, 9.17) is 17.0 Å². The van der Waals surface area contributed by atoms with Gasteiger partial charge in [-0.15, -0.1) is 0 Å². The Kier molecular flexibility index (Phi) is 6.67. The number of anilines is 1. The molecule has 0 spiro atoms. The van der Waals surface area contributed by atoms with Crippen molar-refractivity contribution in [1.82, 2.24) is 10.9 Å². The monoisotopic (exact) mass is 388 g/mol. The normalized spacial score (nSPS) is 11.2. The van der Waals surface area contributed by atoms with Gasteiger partial charge in [-0.25, -0.2) is 0 Å². The Morgan fingerprint density at radius 1 is 1.15 bits per heavy atom. The van der Waals surface area contributed by atoms with E-state index in [1.54, 1.807) is 13.0 Å². The van der Waals surface area contributed by atoms with E-state index < -0.39 is 16.9 Å². The molecule has 0 aromatic heterocycles. The van der Waals surface area contributed by atoms with Gasteiger partial charge in [-0.3, -0.25) is 25.8 Å². The van der Waals surface area contributed by atoms with E-state index in [2.05, 4.69) is 16.2 Å². The second-order valence-corrected chi connectivity index (χ2v) is 6.24. The molecule has 2 rings (SSSR count). The molecule has 0 unspecified atom stereocenters. The standard InChI is InChI=1S/C18H20N4O4S/c1-11-5-4-6-16(12(11)2)26-13(3)17(23)20-21-18(27)19-14-7-9-15(10-8-14)22(24)25/h4-10,13H,1-3H3,(H,20,23)(H2,19,21,27)/t13-/m1/s1. The zero-order valence-electron chi connectivity index (χ0n) is 15.1. The van der Waals surface area contributed by atoms with Gasteiger partial charge in [0, 0.05) is 17.8 Å². The number of rotatable bonds is 5. The fourth-order valence-electron chi connectivity index (χ4n) is 2.14. The van der Waals surface area contributed by atoms with Crippen LogP contribution < -0.4 is 20.9 Å². The van der Waals surface area contributed by atoms with Crippen molar-refractivity contribution in [2.24, 2.45) is 0 Å². The number of carbonyl (C=O) groups excluding carboxylic acids is 1. The second kappa shape index (κ2) is 8.95.